The van der Waals surface area contributed by atoms with Crippen molar-refractivity contribution in [2.24, 2.45) is 0 Å². The number of hydrogen-bond acceptors (Lipinski definition) is 4. The molecule has 6 heteroatoms. The fourth-order valence-electron chi connectivity index (χ4n) is 2.04. The smallest absolute Gasteiger partial charge is 0.237 e. The molecule has 0 bridgehead atoms. The van der Waals surface area contributed by atoms with Crippen LogP contribution in [0.4, 0.5) is 0 Å². The summed E-state index contributed by atoms with van der Waals surface area (Å²) in [5.41, 5.74) is 0. The Balaban J connectivity index is 1.75. The van der Waals surface area contributed by atoms with Crippen LogP contribution >= 0.6 is 0 Å². The van der Waals surface area contributed by atoms with E-state index < -0.39 is 9.84 Å². The Kier molecular flexibility index (Phi) is 3.73. The van der Waals surface area contributed by atoms with Gasteiger partial charge >= 0.3 is 0 Å². The standard InChI is InChI=1S/C11H20N2O3S/c1-8(11(14)13-9-4-5-9)12-7-10-3-2-6-17(10,15)16/h8-10,12H,2-7H2,1H3,(H,13,14). The molecule has 5 nitrogen and oxygen atoms in total. The Bertz CT molecular complexity index is 390. The minimum Gasteiger partial charge on any atom is -0.352 e. The molecule has 2 unspecified atom stereocenters. The molecule has 17 heavy (non-hydrogen) atoms. The average molecular weight is 260 g/mol. The largest absolute Gasteiger partial charge is 0.352 e. The zero-order chi connectivity index (χ0) is 12.5. The van der Waals surface area contributed by atoms with Gasteiger partial charge in [-0.15, -0.1) is 0 Å². The van der Waals surface area contributed by atoms with Crippen LogP contribution in [0.3, 0.4) is 0 Å². The van der Waals surface area contributed by atoms with E-state index >= 15 is 0 Å². The fraction of sp³-hybridized carbons (Fsp3) is 0.909. The Morgan fingerprint density at radius 2 is 2.06 bits per heavy atom. The van der Waals surface area contributed by atoms with Crippen molar-refractivity contribution in [3.8, 4) is 0 Å². The summed E-state index contributed by atoms with van der Waals surface area (Å²) in [5.74, 6) is 0.269. The highest BCUT2D eigenvalue weighted by molar-refractivity contribution is 7.92. The molecule has 1 aliphatic heterocycles. The maximum atomic E-state index is 11.6. The van der Waals surface area contributed by atoms with E-state index in [4.69, 9.17) is 0 Å². The monoisotopic (exact) mass is 260 g/mol. The molecule has 2 rings (SSSR count). The minimum atomic E-state index is -2.91. The number of carbonyl (C=O) groups excluding carboxylic acids is 1. The lowest BCUT2D eigenvalue weighted by atomic mass is 10.2. The molecule has 2 N–H and O–H groups in total. The first-order valence-corrected chi connectivity index (χ1v) is 7.96. The molecule has 0 spiro atoms. The van der Waals surface area contributed by atoms with Gasteiger partial charge in [-0.2, -0.15) is 0 Å². The van der Waals surface area contributed by atoms with Crippen LogP contribution in [0.15, 0.2) is 0 Å². The van der Waals surface area contributed by atoms with Crippen LogP contribution in [0.2, 0.25) is 0 Å². The predicted molar refractivity (Wildman–Crippen MR) is 65.4 cm³/mol. The van der Waals surface area contributed by atoms with Crippen molar-refractivity contribution >= 4 is 15.7 Å². The van der Waals surface area contributed by atoms with E-state index in [1.54, 1.807) is 6.92 Å². The van der Waals surface area contributed by atoms with Gasteiger partial charge in [0.15, 0.2) is 9.84 Å². The second-order valence-electron chi connectivity index (χ2n) is 5.04. The first kappa shape index (κ1) is 12.8. The van der Waals surface area contributed by atoms with Gasteiger partial charge in [0.25, 0.3) is 0 Å². The van der Waals surface area contributed by atoms with Gasteiger partial charge in [0.1, 0.15) is 0 Å². The van der Waals surface area contributed by atoms with E-state index in [2.05, 4.69) is 10.6 Å². The van der Waals surface area contributed by atoms with E-state index in [1.165, 1.54) is 0 Å². The van der Waals surface area contributed by atoms with Crippen molar-refractivity contribution in [2.45, 2.75) is 49.9 Å². The lowest BCUT2D eigenvalue weighted by Gasteiger charge is -2.16. The Morgan fingerprint density at radius 3 is 2.59 bits per heavy atom. The topological polar surface area (TPSA) is 75.3 Å². The van der Waals surface area contributed by atoms with E-state index in [9.17, 15) is 13.2 Å². The number of amides is 1. The molecule has 1 heterocycles. The molecule has 98 valence electrons. The van der Waals surface area contributed by atoms with Crippen molar-refractivity contribution < 1.29 is 13.2 Å². The highest BCUT2D eigenvalue weighted by atomic mass is 32.2. The molecule has 0 radical (unpaired) electrons. The quantitative estimate of drug-likeness (QED) is 0.719. The molecule has 2 atom stereocenters. The highest BCUT2D eigenvalue weighted by Gasteiger charge is 2.32. The van der Waals surface area contributed by atoms with Crippen LogP contribution in [0, 0.1) is 0 Å². The lowest BCUT2D eigenvalue weighted by Crippen LogP contribution is -2.46. The summed E-state index contributed by atoms with van der Waals surface area (Å²) in [5, 5.41) is 5.61. The molecular weight excluding hydrogens is 240 g/mol. The summed E-state index contributed by atoms with van der Waals surface area (Å²) < 4.78 is 23.2. The van der Waals surface area contributed by atoms with Crippen molar-refractivity contribution in [1.82, 2.24) is 10.6 Å². The van der Waals surface area contributed by atoms with E-state index in [0.717, 1.165) is 19.3 Å². The minimum absolute atomic E-state index is 0.0251. The van der Waals surface area contributed by atoms with Crippen LogP contribution in [-0.2, 0) is 14.6 Å². The number of sulfone groups is 1. The van der Waals surface area contributed by atoms with Gasteiger partial charge in [0.2, 0.25) is 5.91 Å². The van der Waals surface area contributed by atoms with Gasteiger partial charge in [0, 0.05) is 12.6 Å². The Hall–Kier alpha value is -0.620. The molecule has 0 aromatic rings. The summed E-state index contributed by atoms with van der Waals surface area (Å²) in [7, 11) is -2.91. The van der Waals surface area contributed by atoms with Crippen LogP contribution in [0.1, 0.15) is 32.6 Å². The first-order chi connectivity index (χ1) is 7.99. The number of carbonyl (C=O) groups is 1. The first-order valence-electron chi connectivity index (χ1n) is 6.24. The molecule has 2 fully saturated rings. The fourth-order valence-corrected chi connectivity index (χ4v) is 3.82. The van der Waals surface area contributed by atoms with Gasteiger partial charge in [-0.05, 0) is 32.6 Å². The maximum Gasteiger partial charge on any atom is 0.237 e. The van der Waals surface area contributed by atoms with Crippen molar-refractivity contribution in [1.29, 1.82) is 0 Å². The average Bonchev–Trinajstić information content (AvgIpc) is 2.99. The predicted octanol–water partition coefficient (Wildman–Crippen LogP) is -0.180. The van der Waals surface area contributed by atoms with Crippen LogP contribution in [0.25, 0.3) is 0 Å². The molecule has 1 saturated carbocycles. The van der Waals surface area contributed by atoms with Crippen LogP contribution in [0.5, 0.6) is 0 Å². The van der Waals surface area contributed by atoms with Crippen LogP contribution in [-0.4, -0.2) is 44.0 Å². The van der Waals surface area contributed by atoms with Gasteiger partial charge in [0.05, 0.1) is 17.0 Å². The second kappa shape index (κ2) is 4.94. The molecule has 1 aliphatic carbocycles. The number of hydrogen-bond donors (Lipinski definition) is 2. The van der Waals surface area contributed by atoms with Crippen molar-refractivity contribution in [3.05, 3.63) is 0 Å². The highest BCUT2D eigenvalue weighted by Crippen LogP contribution is 2.20. The molecule has 1 saturated heterocycles. The third-order valence-corrected chi connectivity index (χ3v) is 5.71. The maximum absolute atomic E-state index is 11.6. The molecule has 0 aromatic carbocycles. The summed E-state index contributed by atoms with van der Waals surface area (Å²) in [6.07, 6.45) is 3.59. The third kappa shape index (κ3) is 3.42. The number of nitrogens with one attached hydrogen (secondary N) is 2. The van der Waals surface area contributed by atoms with E-state index in [1.807, 2.05) is 0 Å². The van der Waals surface area contributed by atoms with E-state index in [0.29, 0.717) is 24.8 Å². The zero-order valence-corrected chi connectivity index (χ0v) is 10.9. The third-order valence-electron chi connectivity index (χ3n) is 3.43. The van der Waals surface area contributed by atoms with Crippen molar-refractivity contribution in [3.63, 3.8) is 0 Å². The lowest BCUT2D eigenvalue weighted by molar-refractivity contribution is -0.122. The second-order valence-corrected chi connectivity index (χ2v) is 7.44. The number of rotatable bonds is 5. The normalized spacial score (nSPS) is 28.9. The summed E-state index contributed by atoms with van der Waals surface area (Å²) in [4.78, 5) is 11.6. The Morgan fingerprint density at radius 1 is 1.35 bits per heavy atom. The summed E-state index contributed by atoms with van der Waals surface area (Å²) in [6, 6.07) is 0.0355. The molecular formula is C11H20N2O3S. The molecule has 1 amide bonds. The van der Waals surface area contributed by atoms with Gasteiger partial charge in [-0.25, -0.2) is 8.42 Å². The van der Waals surface area contributed by atoms with Gasteiger partial charge < -0.3 is 10.6 Å². The SMILES string of the molecule is CC(NCC1CCCS1(=O)=O)C(=O)NC1CC1. The zero-order valence-electron chi connectivity index (χ0n) is 10.1. The molecule has 2 aliphatic rings. The molecule has 0 aromatic heterocycles. The van der Waals surface area contributed by atoms with Crippen molar-refractivity contribution in [2.75, 3.05) is 12.3 Å². The van der Waals surface area contributed by atoms with Crippen LogP contribution < -0.4 is 10.6 Å². The Labute approximate surface area is 102 Å². The van der Waals surface area contributed by atoms with Gasteiger partial charge in [-0.1, -0.05) is 0 Å². The van der Waals surface area contributed by atoms with E-state index in [-0.39, 0.29) is 17.2 Å². The van der Waals surface area contributed by atoms with Gasteiger partial charge in [-0.3, -0.25) is 4.79 Å². The summed E-state index contributed by atoms with van der Waals surface area (Å²) in [6.45, 7) is 2.17. The summed E-state index contributed by atoms with van der Waals surface area (Å²) >= 11 is 0.